The first-order chi connectivity index (χ1) is 10.0. The molecular weight excluding hydrogens is 266 g/mol. The topological polar surface area (TPSA) is 38.8 Å². The van der Waals surface area contributed by atoms with Gasteiger partial charge in [0.2, 0.25) is 0 Å². The molecule has 0 radical (unpaired) electrons. The molecule has 0 bridgehead atoms. The number of ketones is 1. The van der Waals surface area contributed by atoms with E-state index < -0.39 is 0 Å². The van der Waals surface area contributed by atoms with Gasteiger partial charge in [-0.3, -0.25) is 9.69 Å². The molecule has 2 rings (SSSR count). The molecular formula is C17H25NO3. The summed E-state index contributed by atoms with van der Waals surface area (Å²) in [6.45, 7) is 10.2. The smallest absolute Gasteiger partial charge is 0.164 e. The average molecular weight is 291 g/mol. The third-order valence-corrected chi connectivity index (χ3v) is 4.29. The lowest BCUT2D eigenvalue weighted by molar-refractivity contribution is 0.0370. The Kier molecular flexibility index (Phi) is 5.37. The molecule has 1 fully saturated rings. The highest BCUT2D eigenvalue weighted by Crippen LogP contribution is 2.29. The van der Waals surface area contributed by atoms with Crippen molar-refractivity contribution in [3.63, 3.8) is 0 Å². The molecule has 0 aliphatic carbocycles. The molecule has 1 heterocycles. The maximum atomic E-state index is 12.5. The number of aryl methyl sites for hydroxylation is 1. The maximum absolute atomic E-state index is 12.5. The highest BCUT2D eigenvalue weighted by molar-refractivity contribution is 5.98. The van der Waals surface area contributed by atoms with Gasteiger partial charge >= 0.3 is 0 Å². The third-order valence-electron chi connectivity index (χ3n) is 4.29. The van der Waals surface area contributed by atoms with Crippen LogP contribution in [0, 0.1) is 20.8 Å². The van der Waals surface area contributed by atoms with Gasteiger partial charge in [-0.05, 0) is 43.5 Å². The molecule has 0 saturated carbocycles. The van der Waals surface area contributed by atoms with E-state index in [1.54, 1.807) is 7.11 Å². The van der Waals surface area contributed by atoms with Crippen LogP contribution < -0.4 is 4.74 Å². The van der Waals surface area contributed by atoms with Crippen molar-refractivity contribution in [2.45, 2.75) is 27.2 Å². The standard InChI is InChI=1S/C17H25NO3/c1-12-11-15(13(2)14(3)17(12)20-4)16(19)5-6-18-7-9-21-10-8-18/h11H,5-10H2,1-4H3. The van der Waals surface area contributed by atoms with Crippen LogP contribution in [0.2, 0.25) is 0 Å². The van der Waals surface area contributed by atoms with Crippen molar-refractivity contribution in [2.75, 3.05) is 40.0 Å². The summed E-state index contributed by atoms with van der Waals surface area (Å²) in [7, 11) is 1.68. The van der Waals surface area contributed by atoms with Gasteiger partial charge in [0.25, 0.3) is 0 Å². The van der Waals surface area contributed by atoms with Crippen molar-refractivity contribution < 1.29 is 14.3 Å². The second-order valence-electron chi connectivity index (χ2n) is 5.65. The van der Waals surface area contributed by atoms with E-state index in [-0.39, 0.29) is 5.78 Å². The molecule has 1 aliphatic heterocycles. The average Bonchev–Trinajstić information content (AvgIpc) is 2.50. The normalized spacial score (nSPS) is 16.0. The van der Waals surface area contributed by atoms with E-state index in [1.807, 2.05) is 26.8 Å². The van der Waals surface area contributed by atoms with E-state index in [9.17, 15) is 4.79 Å². The van der Waals surface area contributed by atoms with Gasteiger partial charge in [0, 0.05) is 31.6 Å². The lowest BCUT2D eigenvalue weighted by Crippen LogP contribution is -2.37. The Labute approximate surface area is 127 Å². The Bertz CT molecular complexity index is 519. The molecule has 1 aromatic carbocycles. The summed E-state index contributed by atoms with van der Waals surface area (Å²) in [5, 5.41) is 0. The fourth-order valence-corrected chi connectivity index (χ4v) is 2.88. The summed E-state index contributed by atoms with van der Waals surface area (Å²) in [6.07, 6.45) is 0.562. The molecule has 0 amide bonds. The number of Topliss-reactive ketones (excluding diaryl/α,β-unsaturated/α-hetero) is 1. The van der Waals surface area contributed by atoms with Crippen LogP contribution in [0.25, 0.3) is 0 Å². The van der Waals surface area contributed by atoms with Crippen molar-refractivity contribution in [2.24, 2.45) is 0 Å². The first-order valence-corrected chi connectivity index (χ1v) is 7.52. The van der Waals surface area contributed by atoms with E-state index in [4.69, 9.17) is 9.47 Å². The van der Waals surface area contributed by atoms with Crippen molar-refractivity contribution in [3.8, 4) is 5.75 Å². The van der Waals surface area contributed by atoms with Crippen molar-refractivity contribution in [3.05, 3.63) is 28.3 Å². The Morgan fingerprint density at radius 1 is 1.24 bits per heavy atom. The highest BCUT2D eigenvalue weighted by atomic mass is 16.5. The lowest BCUT2D eigenvalue weighted by atomic mass is 9.95. The van der Waals surface area contributed by atoms with Gasteiger partial charge in [-0.25, -0.2) is 0 Å². The van der Waals surface area contributed by atoms with E-state index in [2.05, 4.69) is 4.90 Å². The highest BCUT2D eigenvalue weighted by Gasteiger charge is 2.17. The number of benzene rings is 1. The molecule has 1 aromatic rings. The second-order valence-corrected chi connectivity index (χ2v) is 5.65. The van der Waals surface area contributed by atoms with Crippen LogP contribution in [0.15, 0.2) is 6.07 Å². The largest absolute Gasteiger partial charge is 0.496 e. The van der Waals surface area contributed by atoms with E-state index in [1.165, 1.54) is 0 Å². The number of methoxy groups -OCH3 is 1. The minimum atomic E-state index is 0.216. The van der Waals surface area contributed by atoms with Crippen LogP contribution in [0.4, 0.5) is 0 Å². The van der Waals surface area contributed by atoms with Gasteiger partial charge in [-0.15, -0.1) is 0 Å². The number of nitrogens with zero attached hydrogens (tertiary/aromatic N) is 1. The summed E-state index contributed by atoms with van der Waals surface area (Å²) in [6, 6.07) is 1.96. The Morgan fingerprint density at radius 3 is 2.52 bits per heavy atom. The van der Waals surface area contributed by atoms with Crippen LogP contribution in [-0.4, -0.2) is 50.6 Å². The lowest BCUT2D eigenvalue weighted by Gasteiger charge is -2.26. The number of ether oxygens (including phenoxy) is 2. The Morgan fingerprint density at radius 2 is 1.90 bits per heavy atom. The van der Waals surface area contributed by atoms with Gasteiger partial charge in [0.05, 0.1) is 20.3 Å². The fourth-order valence-electron chi connectivity index (χ4n) is 2.88. The molecule has 0 aromatic heterocycles. The molecule has 21 heavy (non-hydrogen) atoms. The summed E-state index contributed by atoms with van der Waals surface area (Å²) in [5.74, 6) is 1.10. The predicted molar refractivity (Wildman–Crippen MR) is 83.4 cm³/mol. The van der Waals surface area contributed by atoms with Gasteiger partial charge < -0.3 is 9.47 Å². The zero-order valence-electron chi connectivity index (χ0n) is 13.5. The maximum Gasteiger partial charge on any atom is 0.164 e. The minimum absolute atomic E-state index is 0.216. The zero-order valence-corrected chi connectivity index (χ0v) is 13.5. The molecule has 1 saturated heterocycles. The van der Waals surface area contributed by atoms with Crippen molar-refractivity contribution >= 4 is 5.78 Å². The molecule has 1 aliphatic rings. The van der Waals surface area contributed by atoms with E-state index in [0.717, 1.165) is 60.9 Å². The molecule has 0 atom stereocenters. The summed E-state index contributed by atoms with van der Waals surface area (Å²) in [5.41, 5.74) is 3.95. The first-order valence-electron chi connectivity index (χ1n) is 7.52. The second kappa shape index (κ2) is 7.05. The van der Waals surface area contributed by atoms with Crippen LogP contribution >= 0.6 is 0 Å². The minimum Gasteiger partial charge on any atom is -0.496 e. The van der Waals surface area contributed by atoms with E-state index in [0.29, 0.717) is 6.42 Å². The van der Waals surface area contributed by atoms with Crippen LogP contribution in [0.3, 0.4) is 0 Å². The van der Waals surface area contributed by atoms with Crippen LogP contribution in [-0.2, 0) is 4.74 Å². The summed E-state index contributed by atoms with van der Waals surface area (Å²) in [4.78, 5) is 14.8. The number of hydrogen-bond acceptors (Lipinski definition) is 4. The molecule has 4 nitrogen and oxygen atoms in total. The predicted octanol–water partition coefficient (Wildman–Crippen LogP) is 2.53. The van der Waals surface area contributed by atoms with Crippen LogP contribution in [0.1, 0.15) is 33.5 Å². The molecule has 116 valence electrons. The van der Waals surface area contributed by atoms with Gasteiger partial charge in [0.1, 0.15) is 5.75 Å². The van der Waals surface area contributed by atoms with E-state index >= 15 is 0 Å². The zero-order chi connectivity index (χ0) is 15.4. The van der Waals surface area contributed by atoms with Crippen molar-refractivity contribution in [1.82, 2.24) is 4.90 Å². The molecule has 4 heteroatoms. The van der Waals surface area contributed by atoms with Gasteiger partial charge in [-0.2, -0.15) is 0 Å². The third kappa shape index (κ3) is 3.63. The van der Waals surface area contributed by atoms with Crippen LogP contribution in [0.5, 0.6) is 5.75 Å². The van der Waals surface area contributed by atoms with Gasteiger partial charge in [0.15, 0.2) is 5.78 Å². The number of morpholine rings is 1. The Balaban J connectivity index is 2.08. The first kappa shape index (κ1) is 16.0. The van der Waals surface area contributed by atoms with Crippen molar-refractivity contribution in [1.29, 1.82) is 0 Å². The number of rotatable bonds is 5. The number of carbonyl (C=O) groups excluding carboxylic acids is 1. The quantitative estimate of drug-likeness (QED) is 0.782. The molecule has 0 N–H and O–H groups in total. The van der Waals surface area contributed by atoms with Gasteiger partial charge in [-0.1, -0.05) is 0 Å². The monoisotopic (exact) mass is 291 g/mol. The Hall–Kier alpha value is -1.39. The molecule has 0 spiro atoms. The summed E-state index contributed by atoms with van der Waals surface area (Å²) >= 11 is 0. The fraction of sp³-hybridized carbons (Fsp3) is 0.588. The number of hydrogen-bond donors (Lipinski definition) is 0. The molecule has 0 unspecified atom stereocenters. The number of carbonyl (C=O) groups is 1. The summed E-state index contributed by atoms with van der Waals surface area (Å²) < 4.78 is 10.7. The SMILES string of the molecule is COc1c(C)cc(C(=O)CCN2CCOCC2)c(C)c1C.